The van der Waals surface area contributed by atoms with Crippen LogP contribution in [0.2, 0.25) is 0 Å². The highest BCUT2D eigenvalue weighted by molar-refractivity contribution is 5.94. The van der Waals surface area contributed by atoms with Crippen LogP contribution in [0.15, 0.2) is 42.6 Å². The summed E-state index contributed by atoms with van der Waals surface area (Å²) in [6.07, 6.45) is 2.74. The monoisotopic (exact) mass is 438 g/mol. The van der Waals surface area contributed by atoms with Gasteiger partial charge in [0.25, 0.3) is 0 Å². The van der Waals surface area contributed by atoms with E-state index in [9.17, 15) is 4.79 Å². The molecule has 0 aliphatic heterocycles. The van der Waals surface area contributed by atoms with Crippen LogP contribution in [0.25, 0.3) is 10.9 Å². The number of methoxy groups -OCH3 is 1. The van der Waals surface area contributed by atoms with Gasteiger partial charge >= 0.3 is 5.97 Å². The van der Waals surface area contributed by atoms with Crippen LogP contribution in [0.3, 0.4) is 0 Å². The van der Waals surface area contributed by atoms with Crippen molar-refractivity contribution in [3.8, 4) is 11.5 Å². The van der Waals surface area contributed by atoms with Crippen molar-refractivity contribution in [2.24, 2.45) is 11.3 Å². The zero-order valence-corrected chi connectivity index (χ0v) is 20.0. The molecule has 0 amide bonds. The van der Waals surface area contributed by atoms with Crippen molar-refractivity contribution >= 4 is 16.9 Å². The highest BCUT2D eigenvalue weighted by Gasteiger charge is 2.14. The summed E-state index contributed by atoms with van der Waals surface area (Å²) in [6, 6.07) is 11.4. The molecule has 3 rings (SSSR count). The standard InChI is InChI=1S/C26H34N2O4/c1-18(2)17-32-24-10-8-22(31-12-11-26(3,4)5)14-21(24)16-28-23-9-7-19(25(29)30-6)13-20(23)15-27-28/h7-10,13-15,18H,11-12,16-17H2,1-6H3. The summed E-state index contributed by atoms with van der Waals surface area (Å²) in [4.78, 5) is 11.8. The molecule has 3 aromatic rings. The van der Waals surface area contributed by atoms with E-state index in [-0.39, 0.29) is 11.4 Å². The van der Waals surface area contributed by atoms with Gasteiger partial charge < -0.3 is 14.2 Å². The van der Waals surface area contributed by atoms with E-state index in [0.29, 0.717) is 31.2 Å². The van der Waals surface area contributed by atoms with Crippen LogP contribution in [0.1, 0.15) is 57.0 Å². The van der Waals surface area contributed by atoms with Crippen molar-refractivity contribution in [2.75, 3.05) is 20.3 Å². The Balaban J connectivity index is 1.86. The molecule has 0 saturated heterocycles. The third-order valence-corrected chi connectivity index (χ3v) is 5.11. The summed E-state index contributed by atoms with van der Waals surface area (Å²) in [6.45, 7) is 12.7. The zero-order chi connectivity index (χ0) is 23.3. The molecule has 172 valence electrons. The Labute approximate surface area is 190 Å². The number of hydrogen-bond donors (Lipinski definition) is 0. The normalized spacial score (nSPS) is 11.7. The van der Waals surface area contributed by atoms with E-state index < -0.39 is 0 Å². The van der Waals surface area contributed by atoms with E-state index in [4.69, 9.17) is 14.2 Å². The molecule has 1 aromatic heterocycles. The first-order valence-electron chi connectivity index (χ1n) is 11.1. The van der Waals surface area contributed by atoms with Gasteiger partial charge in [-0.2, -0.15) is 5.10 Å². The minimum atomic E-state index is -0.357. The van der Waals surface area contributed by atoms with Gasteiger partial charge in [0.05, 0.1) is 44.1 Å². The maximum atomic E-state index is 11.8. The van der Waals surface area contributed by atoms with Crippen molar-refractivity contribution in [2.45, 2.75) is 47.6 Å². The van der Waals surface area contributed by atoms with E-state index in [1.807, 2.05) is 28.9 Å². The van der Waals surface area contributed by atoms with Crippen molar-refractivity contribution in [3.63, 3.8) is 0 Å². The molecular formula is C26H34N2O4. The van der Waals surface area contributed by atoms with Crippen LogP contribution >= 0.6 is 0 Å². The average Bonchev–Trinajstić information content (AvgIpc) is 3.13. The molecule has 0 radical (unpaired) electrons. The molecule has 0 saturated carbocycles. The Morgan fingerprint density at radius 2 is 1.88 bits per heavy atom. The summed E-state index contributed by atoms with van der Waals surface area (Å²) in [5, 5.41) is 5.43. The summed E-state index contributed by atoms with van der Waals surface area (Å²) in [7, 11) is 1.38. The first kappa shape index (κ1) is 23.6. The van der Waals surface area contributed by atoms with E-state index in [1.54, 1.807) is 18.3 Å². The van der Waals surface area contributed by atoms with Crippen LogP contribution in [-0.2, 0) is 11.3 Å². The van der Waals surface area contributed by atoms with Crippen molar-refractivity contribution in [1.82, 2.24) is 9.78 Å². The Morgan fingerprint density at radius 1 is 1.09 bits per heavy atom. The van der Waals surface area contributed by atoms with Crippen LogP contribution in [-0.4, -0.2) is 36.1 Å². The van der Waals surface area contributed by atoms with Crippen molar-refractivity contribution in [3.05, 3.63) is 53.7 Å². The fourth-order valence-corrected chi connectivity index (χ4v) is 3.26. The summed E-state index contributed by atoms with van der Waals surface area (Å²) < 4.78 is 18.8. The van der Waals surface area contributed by atoms with E-state index in [1.165, 1.54) is 7.11 Å². The number of aromatic nitrogens is 2. The van der Waals surface area contributed by atoms with Gasteiger partial charge in [-0.1, -0.05) is 34.6 Å². The van der Waals surface area contributed by atoms with Gasteiger partial charge in [-0.15, -0.1) is 0 Å². The van der Waals surface area contributed by atoms with E-state index in [0.717, 1.165) is 34.4 Å². The lowest BCUT2D eigenvalue weighted by molar-refractivity contribution is 0.0601. The largest absolute Gasteiger partial charge is 0.494 e. The second kappa shape index (κ2) is 10.1. The van der Waals surface area contributed by atoms with Gasteiger partial charge in [0.15, 0.2) is 0 Å². The number of hydrogen-bond acceptors (Lipinski definition) is 5. The predicted octanol–water partition coefficient (Wildman–Crippen LogP) is 5.72. The lowest BCUT2D eigenvalue weighted by atomic mass is 9.93. The van der Waals surface area contributed by atoms with Gasteiger partial charge in [-0.3, -0.25) is 4.68 Å². The molecule has 0 fully saturated rings. The lowest BCUT2D eigenvalue weighted by Gasteiger charge is -2.19. The van der Waals surface area contributed by atoms with Crippen molar-refractivity contribution < 1.29 is 19.0 Å². The number of carbonyl (C=O) groups is 1. The topological polar surface area (TPSA) is 62.6 Å². The molecule has 0 N–H and O–H groups in total. The Bertz CT molecular complexity index is 1060. The Morgan fingerprint density at radius 3 is 2.56 bits per heavy atom. The van der Waals surface area contributed by atoms with Crippen LogP contribution in [0.5, 0.6) is 11.5 Å². The van der Waals surface area contributed by atoms with Crippen LogP contribution in [0.4, 0.5) is 0 Å². The first-order chi connectivity index (χ1) is 15.2. The summed E-state index contributed by atoms with van der Waals surface area (Å²) in [5.74, 6) is 1.72. The molecule has 0 aliphatic carbocycles. The van der Waals surface area contributed by atoms with Crippen molar-refractivity contribution in [1.29, 1.82) is 0 Å². The number of carbonyl (C=O) groups excluding carboxylic acids is 1. The molecule has 32 heavy (non-hydrogen) atoms. The minimum Gasteiger partial charge on any atom is -0.494 e. The maximum absolute atomic E-state index is 11.8. The maximum Gasteiger partial charge on any atom is 0.337 e. The first-order valence-corrected chi connectivity index (χ1v) is 11.1. The second-order valence-corrected chi connectivity index (χ2v) is 9.70. The molecular weight excluding hydrogens is 404 g/mol. The van der Waals surface area contributed by atoms with Gasteiger partial charge in [-0.25, -0.2) is 4.79 Å². The predicted molar refractivity (Wildman–Crippen MR) is 127 cm³/mol. The molecule has 0 atom stereocenters. The smallest absolute Gasteiger partial charge is 0.337 e. The number of nitrogens with zero attached hydrogens (tertiary/aromatic N) is 2. The third-order valence-electron chi connectivity index (χ3n) is 5.11. The number of fused-ring (bicyclic) bond motifs is 1. The quantitative estimate of drug-likeness (QED) is 0.400. The fourth-order valence-electron chi connectivity index (χ4n) is 3.26. The minimum absolute atomic E-state index is 0.222. The molecule has 0 spiro atoms. The van der Waals surface area contributed by atoms with Gasteiger partial charge in [0.2, 0.25) is 0 Å². The Kier molecular flexibility index (Phi) is 7.44. The SMILES string of the molecule is COC(=O)c1ccc2c(cnn2Cc2cc(OCCC(C)(C)C)ccc2OCC(C)C)c1. The molecule has 6 nitrogen and oxygen atoms in total. The molecule has 0 bridgehead atoms. The Hall–Kier alpha value is -3.02. The average molecular weight is 439 g/mol. The number of ether oxygens (including phenoxy) is 3. The molecule has 0 aliphatic rings. The van der Waals surface area contributed by atoms with Gasteiger partial charge in [-0.05, 0) is 54.2 Å². The van der Waals surface area contributed by atoms with E-state index >= 15 is 0 Å². The molecule has 2 aromatic carbocycles. The second-order valence-electron chi connectivity index (χ2n) is 9.70. The fraction of sp³-hybridized carbons (Fsp3) is 0.462. The molecule has 0 unspecified atom stereocenters. The third kappa shape index (κ3) is 6.25. The van der Waals surface area contributed by atoms with Crippen LogP contribution in [0, 0.1) is 11.3 Å². The number of benzene rings is 2. The zero-order valence-electron chi connectivity index (χ0n) is 20.0. The lowest BCUT2D eigenvalue weighted by Crippen LogP contribution is -2.12. The highest BCUT2D eigenvalue weighted by atomic mass is 16.5. The van der Waals surface area contributed by atoms with E-state index in [2.05, 4.69) is 39.7 Å². The molecule has 1 heterocycles. The highest BCUT2D eigenvalue weighted by Crippen LogP contribution is 2.28. The summed E-state index contributed by atoms with van der Waals surface area (Å²) in [5.41, 5.74) is 2.67. The molecule has 6 heteroatoms. The van der Waals surface area contributed by atoms with Gasteiger partial charge in [0.1, 0.15) is 11.5 Å². The van der Waals surface area contributed by atoms with Gasteiger partial charge in [0, 0.05) is 10.9 Å². The summed E-state index contributed by atoms with van der Waals surface area (Å²) >= 11 is 0. The number of rotatable bonds is 9. The number of esters is 1. The van der Waals surface area contributed by atoms with Crippen LogP contribution < -0.4 is 9.47 Å².